The van der Waals surface area contributed by atoms with E-state index in [4.69, 9.17) is 31.7 Å². The van der Waals surface area contributed by atoms with Crippen molar-refractivity contribution >= 4 is 57.5 Å². The number of benzene rings is 1. The molecule has 0 bridgehead atoms. The Labute approximate surface area is 233 Å². The Hall–Kier alpha value is -3.54. The molecule has 1 N–H and O–H groups in total. The molecule has 4 rings (SSSR count). The van der Waals surface area contributed by atoms with Crippen molar-refractivity contribution in [1.29, 1.82) is 0 Å². The van der Waals surface area contributed by atoms with Gasteiger partial charge in [0.1, 0.15) is 17.6 Å². The number of ketones is 1. The molecule has 39 heavy (non-hydrogen) atoms. The van der Waals surface area contributed by atoms with E-state index in [-0.39, 0.29) is 23.5 Å². The number of carbonyl (C=O) groups excluding carboxylic acids is 3. The number of anilines is 2. The Bertz CT molecular complexity index is 1280. The Morgan fingerprint density at radius 3 is 2.33 bits per heavy atom. The molecular weight excluding hydrogens is 520 g/mol. The van der Waals surface area contributed by atoms with E-state index in [0.29, 0.717) is 84.7 Å². The SMILES string of the molecule is COc1cc2nc(N3CCN(C(C)=O)CC3)nc(NC(=O)[C@H]3CCCN3C(=S)C(C)CC(C)=O)c2cc1OC. The number of hydrogen-bond acceptors (Lipinski definition) is 9. The highest BCUT2D eigenvalue weighted by Gasteiger charge is 2.35. The first-order valence-electron chi connectivity index (χ1n) is 13.2. The molecule has 2 atom stereocenters. The standard InChI is InChI=1S/C27H36N6O5S/c1-16(13-17(2)34)26(39)33-8-6-7-21(33)25(36)29-24-19-14-22(37-4)23(38-5)15-20(19)28-27(30-24)32-11-9-31(10-12-32)18(3)35/h14-16,21H,6-13H2,1-5H3,(H,28,29,30,36)/t16?,21-/m1/s1. The van der Waals surface area contributed by atoms with Crippen LogP contribution in [0, 0.1) is 5.92 Å². The van der Waals surface area contributed by atoms with E-state index in [0.717, 1.165) is 6.42 Å². The third-order valence-corrected chi connectivity index (χ3v) is 7.93. The molecule has 2 saturated heterocycles. The highest BCUT2D eigenvalue weighted by atomic mass is 32.1. The minimum atomic E-state index is -0.459. The lowest BCUT2D eigenvalue weighted by Gasteiger charge is -2.34. The van der Waals surface area contributed by atoms with E-state index in [1.54, 1.807) is 45.1 Å². The number of rotatable bonds is 8. The molecule has 0 aliphatic carbocycles. The number of likely N-dealkylation sites (tertiary alicyclic amines) is 1. The molecule has 2 aliphatic rings. The molecule has 1 aromatic carbocycles. The number of nitrogens with zero attached hydrogens (tertiary/aromatic N) is 5. The average molecular weight is 557 g/mol. The van der Waals surface area contributed by atoms with Gasteiger partial charge < -0.3 is 34.3 Å². The quantitative estimate of drug-likeness (QED) is 0.486. The predicted octanol–water partition coefficient (Wildman–Crippen LogP) is 2.66. The van der Waals surface area contributed by atoms with Gasteiger partial charge in [0.15, 0.2) is 11.5 Å². The van der Waals surface area contributed by atoms with Crippen LogP contribution in [-0.4, -0.2) is 95.3 Å². The minimum absolute atomic E-state index is 0.0375. The first-order chi connectivity index (χ1) is 18.6. The lowest BCUT2D eigenvalue weighted by Crippen LogP contribution is -2.48. The molecule has 0 radical (unpaired) electrons. The van der Waals surface area contributed by atoms with Crippen LogP contribution < -0.4 is 19.7 Å². The molecule has 12 heteroatoms. The summed E-state index contributed by atoms with van der Waals surface area (Å²) in [6, 6.07) is 3.06. The van der Waals surface area contributed by atoms with E-state index < -0.39 is 6.04 Å². The fraction of sp³-hybridized carbons (Fsp3) is 0.556. The second-order valence-corrected chi connectivity index (χ2v) is 10.5. The van der Waals surface area contributed by atoms with Gasteiger partial charge in [-0.05, 0) is 25.8 Å². The van der Waals surface area contributed by atoms with Crippen molar-refractivity contribution in [2.24, 2.45) is 5.92 Å². The fourth-order valence-corrected chi connectivity index (χ4v) is 5.51. The Balaban J connectivity index is 1.66. The molecule has 2 aromatic rings. The molecular formula is C27H36N6O5S. The molecule has 1 aromatic heterocycles. The average Bonchev–Trinajstić information content (AvgIpc) is 3.41. The van der Waals surface area contributed by atoms with Crippen LogP contribution in [0.4, 0.5) is 11.8 Å². The summed E-state index contributed by atoms with van der Waals surface area (Å²) in [4.78, 5) is 53.0. The Morgan fingerprint density at radius 2 is 1.72 bits per heavy atom. The van der Waals surface area contributed by atoms with Crippen molar-refractivity contribution < 1.29 is 23.9 Å². The van der Waals surface area contributed by atoms with E-state index in [2.05, 4.69) is 5.32 Å². The van der Waals surface area contributed by atoms with Gasteiger partial charge in [-0.25, -0.2) is 4.98 Å². The van der Waals surface area contributed by atoms with Gasteiger partial charge in [-0.15, -0.1) is 0 Å². The molecule has 2 amide bonds. The van der Waals surface area contributed by atoms with Crippen molar-refractivity contribution in [3.63, 3.8) is 0 Å². The van der Waals surface area contributed by atoms with Crippen LogP contribution in [0.3, 0.4) is 0 Å². The number of methoxy groups -OCH3 is 2. The lowest BCUT2D eigenvalue weighted by molar-refractivity contribution is -0.129. The van der Waals surface area contributed by atoms with Crippen molar-refractivity contribution in [2.75, 3.05) is 57.2 Å². The van der Waals surface area contributed by atoms with Crippen LogP contribution >= 0.6 is 12.2 Å². The predicted molar refractivity (Wildman–Crippen MR) is 153 cm³/mol. The molecule has 2 fully saturated rings. The molecule has 2 aliphatic heterocycles. The Morgan fingerprint density at radius 1 is 1.05 bits per heavy atom. The number of carbonyl (C=O) groups is 3. The normalized spacial score (nSPS) is 18.2. The summed E-state index contributed by atoms with van der Waals surface area (Å²) in [5, 5.41) is 3.66. The number of amides is 2. The number of hydrogen-bond donors (Lipinski definition) is 1. The van der Waals surface area contributed by atoms with Gasteiger partial charge >= 0.3 is 0 Å². The van der Waals surface area contributed by atoms with Crippen LogP contribution in [0.25, 0.3) is 10.9 Å². The number of piperazine rings is 1. The van der Waals surface area contributed by atoms with Crippen molar-refractivity contribution in [1.82, 2.24) is 19.8 Å². The third kappa shape index (κ3) is 6.21. The topological polar surface area (TPSA) is 117 Å². The smallest absolute Gasteiger partial charge is 0.248 e. The van der Waals surface area contributed by atoms with E-state index >= 15 is 0 Å². The van der Waals surface area contributed by atoms with Gasteiger partial charge in [-0.3, -0.25) is 9.59 Å². The summed E-state index contributed by atoms with van der Waals surface area (Å²) < 4.78 is 11.0. The summed E-state index contributed by atoms with van der Waals surface area (Å²) in [7, 11) is 3.10. The van der Waals surface area contributed by atoms with Crippen LogP contribution in [-0.2, 0) is 14.4 Å². The van der Waals surface area contributed by atoms with E-state index in [9.17, 15) is 14.4 Å². The van der Waals surface area contributed by atoms with Crippen LogP contribution in [0.15, 0.2) is 12.1 Å². The molecule has 1 unspecified atom stereocenters. The molecule has 0 saturated carbocycles. The number of ether oxygens (including phenoxy) is 2. The second-order valence-electron chi connectivity index (χ2n) is 10.1. The van der Waals surface area contributed by atoms with E-state index in [1.165, 1.54) is 0 Å². The van der Waals surface area contributed by atoms with Crippen LogP contribution in [0.1, 0.15) is 40.0 Å². The monoisotopic (exact) mass is 556 g/mol. The summed E-state index contributed by atoms with van der Waals surface area (Å²) in [5.41, 5.74) is 0.593. The van der Waals surface area contributed by atoms with Crippen LogP contribution in [0.5, 0.6) is 11.5 Å². The zero-order valence-corrected chi connectivity index (χ0v) is 24.0. The largest absolute Gasteiger partial charge is 0.493 e. The van der Waals surface area contributed by atoms with Crippen molar-refractivity contribution in [3.8, 4) is 11.5 Å². The number of fused-ring (bicyclic) bond motifs is 1. The number of Topliss-reactive ketones (excluding diaryl/α,β-unsaturated/α-hetero) is 1. The zero-order chi connectivity index (χ0) is 28.3. The lowest BCUT2D eigenvalue weighted by atomic mass is 10.0. The maximum Gasteiger partial charge on any atom is 0.248 e. The first kappa shape index (κ1) is 28.5. The summed E-state index contributed by atoms with van der Waals surface area (Å²) >= 11 is 5.69. The highest BCUT2D eigenvalue weighted by Crippen LogP contribution is 2.35. The first-order valence-corrected chi connectivity index (χ1v) is 13.6. The minimum Gasteiger partial charge on any atom is -0.493 e. The van der Waals surface area contributed by atoms with Gasteiger partial charge in [0.05, 0.1) is 24.7 Å². The molecule has 11 nitrogen and oxygen atoms in total. The summed E-state index contributed by atoms with van der Waals surface area (Å²) in [6.45, 7) is 7.99. The number of nitrogens with one attached hydrogen (secondary N) is 1. The van der Waals surface area contributed by atoms with Crippen molar-refractivity contribution in [3.05, 3.63) is 12.1 Å². The van der Waals surface area contributed by atoms with Gasteiger partial charge in [0.2, 0.25) is 17.8 Å². The van der Waals surface area contributed by atoms with Gasteiger partial charge in [0.25, 0.3) is 0 Å². The van der Waals surface area contributed by atoms with Crippen molar-refractivity contribution in [2.45, 2.75) is 46.1 Å². The fourth-order valence-electron chi connectivity index (χ4n) is 5.21. The zero-order valence-electron chi connectivity index (χ0n) is 23.2. The second kappa shape index (κ2) is 12.1. The molecule has 0 spiro atoms. The number of aromatic nitrogens is 2. The summed E-state index contributed by atoms with van der Waals surface area (Å²) in [6.07, 6.45) is 1.83. The Kier molecular flexibility index (Phi) is 8.83. The highest BCUT2D eigenvalue weighted by molar-refractivity contribution is 7.80. The molecule has 210 valence electrons. The maximum absolute atomic E-state index is 13.6. The van der Waals surface area contributed by atoms with Crippen LogP contribution in [0.2, 0.25) is 0 Å². The summed E-state index contributed by atoms with van der Waals surface area (Å²) in [5.74, 6) is 1.60. The van der Waals surface area contributed by atoms with Gasteiger partial charge in [-0.2, -0.15) is 4.98 Å². The number of thiocarbonyl (C=S) groups is 1. The van der Waals surface area contributed by atoms with E-state index in [1.807, 2.05) is 16.7 Å². The van der Waals surface area contributed by atoms with Gasteiger partial charge in [-0.1, -0.05) is 19.1 Å². The molecule has 3 heterocycles. The third-order valence-electron chi connectivity index (χ3n) is 7.29. The van der Waals surface area contributed by atoms with Gasteiger partial charge in [0, 0.05) is 63.4 Å². The maximum atomic E-state index is 13.6.